The minimum atomic E-state index is -0.891. The number of carbonyl (C=O) groups is 1. The second-order valence-electron chi connectivity index (χ2n) is 3.19. The molecule has 1 rings (SSSR count). The second-order valence-corrected chi connectivity index (χ2v) is 3.50. The number of alkyl halides is 1. The summed E-state index contributed by atoms with van der Waals surface area (Å²) in [6, 6.07) is 0. The Bertz CT molecular complexity index is 144. The Morgan fingerprint density at radius 2 is 1.83 bits per heavy atom. The predicted octanol–water partition coefficient (Wildman–Crippen LogP) is -2.21. The van der Waals surface area contributed by atoms with Gasteiger partial charge in [0, 0.05) is 11.8 Å². The number of rotatable bonds is 2. The number of aliphatic carboxylic acids is 1. The topological polar surface area (TPSA) is 40.1 Å². The van der Waals surface area contributed by atoms with Gasteiger partial charge in [-0.05, 0) is 37.5 Å². The third-order valence-corrected chi connectivity index (χ3v) is 2.83. The van der Waals surface area contributed by atoms with Crippen molar-refractivity contribution in [2.24, 2.45) is 11.8 Å². The quantitative estimate of drug-likeness (QED) is 0.373. The van der Waals surface area contributed by atoms with Crippen molar-refractivity contribution in [2.75, 3.05) is 5.88 Å². The Morgan fingerprint density at radius 1 is 1.33 bits per heavy atom. The van der Waals surface area contributed by atoms with Crippen molar-refractivity contribution in [3.05, 3.63) is 0 Å². The van der Waals surface area contributed by atoms with E-state index >= 15 is 0 Å². The van der Waals surface area contributed by atoms with Gasteiger partial charge in [-0.15, -0.1) is 11.6 Å². The van der Waals surface area contributed by atoms with Gasteiger partial charge >= 0.3 is 29.6 Å². The van der Waals surface area contributed by atoms with Gasteiger partial charge in [-0.3, -0.25) is 0 Å². The molecule has 1 fully saturated rings. The van der Waals surface area contributed by atoms with Crippen LogP contribution < -0.4 is 34.7 Å². The maximum Gasteiger partial charge on any atom is 1.00 e. The third kappa shape index (κ3) is 3.65. The molecule has 0 radical (unpaired) electrons. The van der Waals surface area contributed by atoms with Crippen LogP contribution in [0.25, 0.3) is 0 Å². The van der Waals surface area contributed by atoms with Gasteiger partial charge < -0.3 is 9.90 Å². The summed E-state index contributed by atoms with van der Waals surface area (Å²) < 4.78 is 0. The fourth-order valence-electron chi connectivity index (χ4n) is 1.55. The zero-order chi connectivity index (χ0) is 8.27. The molecule has 0 N–H and O–H groups in total. The van der Waals surface area contributed by atoms with Crippen molar-refractivity contribution in [3.63, 3.8) is 0 Å². The van der Waals surface area contributed by atoms with E-state index < -0.39 is 5.97 Å². The van der Waals surface area contributed by atoms with Gasteiger partial charge in [-0.25, -0.2) is 0 Å². The smallest absolute Gasteiger partial charge is 0.550 e. The Balaban J connectivity index is 0.00000121. The molecule has 0 bridgehead atoms. The first-order valence-electron chi connectivity index (χ1n) is 4.01. The average molecular weight is 199 g/mol. The van der Waals surface area contributed by atoms with Crippen molar-refractivity contribution in [1.29, 1.82) is 0 Å². The second kappa shape index (κ2) is 6.25. The maximum absolute atomic E-state index is 10.4. The number of hydrogen-bond donors (Lipinski definition) is 0. The minimum Gasteiger partial charge on any atom is -0.550 e. The number of carboxylic acid groups (broad SMARTS) is 1. The number of carboxylic acids is 1. The Kier molecular flexibility index (Phi) is 6.65. The van der Waals surface area contributed by atoms with Gasteiger partial charge in [0.25, 0.3) is 0 Å². The van der Waals surface area contributed by atoms with E-state index in [2.05, 4.69) is 0 Å². The Labute approximate surface area is 100.0 Å². The average Bonchev–Trinajstić information content (AvgIpc) is 2.05. The monoisotopic (exact) mass is 198 g/mol. The molecule has 0 aromatic heterocycles. The number of hydrogen-bond acceptors (Lipinski definition) is 2. The molecule has 0 spiro atoms. The van der Waals surface area contributed by atoms with Crippen molar-refractivity contribution in [2.45, 2.75) is 25.7 Å². The number of carbonyl (C=O) groups excluding carboxylic acids is 1. The van der Waals surface area contributed by atoms with E-state index in [9.17, 15) is 9.90 Å². The van der Waals surface area contributed by atoms with Gasteiger partial charge in [-0.2, -0.15) is 0 Å². The van der Waals surface area contributed by atoms with Crippen LogP contribution in [0.15, 0.2) is 0 Å². The van der Waals surface area contributed by atoms with E-state index in [1.807, 2.05) is 0 Å². The molecule has 0 aliphatic heterocycles. The van der Waals surface area contributed by atoms with Crippen molar-refractivity contribution in [1.82, 2.24) is 0 Å². The molecular formula is C8H12ClNaO2. The van der Waals surface area contributed by atoms with E-state index in [0.29, 0.717) is 11.8 Å². The van der Waals surface area contributed by atoms with E-state index in [-0.39, 0.29) is 35.5 Å². The van der Waals surface area contributed by atoms with Gasteiger partial charge in [-0.1, -0.05) is 0 Å². The van der Waals surface area contributed by atoms with Gasteiger partial charge in [0.15, 0.2) is 0 Å². The van der Waals surface area contributed by atoms with Crippen molar-refractivity contribution in [3.8, 4) is 0 Å². The van der Waals surface area contributed by atoms with Crippen LogP contribution in [0.1, 0.15) is 25.7 Å². The van der Waals surface area contributed by atoms with E-state index in [4.69, 9.17) is 11.6 Å². The van der Waals surface area contributed by atoms with Crippen molar-refractivity contribution < 1.29 is 39.5 Å². The van der Waals surface area contributed by atoms with Crippen LogP contribution >= 0.6 is 11.6 Å². The normalized spacial score (nSPS) is 29.1. The summed E-state index contributed by atoms with van der Waals surface area (Å²) in [5.41, 5.74) is 0. The molecule has 0 unspecified atom stereocenters. The summed E-state index contributed by atoms with van der Waals surface area (Å²) in [4.78, 5) is 10.4. The van der Waals surface area contributed by atoms with E-state index in [0.717, 1.165) is 25.7 Å². The fourth-order valence-corrected chi connectivity index (χ4v) is 1.86. The molecule has 0 aromatic carbocycles. The summed E-state index contributed by atoms with van der Waals surface area (Å²) in [6.45, 7) is 0. The van der Waals surface area contributed by atoms with Crippen LogP contribution in [0.5, 0.6) is 0 Å². The summed E-state index contributed by atoms with van der Waals surface area (Å²) in [5, 5.41) is 10.4. The first-order valence-corrected chi connectivity index (χ1v) is 4.54. The van der Waals surface area contributed by atoms with Crippen LogP contribution in [0.3, 0.4) is 0 Å². The molecule has 12 heavy (non-hydrogen) atoms. The van der Waals surface area contributed by atoms with E-state index in [1.54, 1.807) is 0 Å². The zero-order valence-electron chi connectivity index (χ0n) is 7.38. The first-order chi connectivity index (χ1) is 5.24. The summed E-state index contributed by atoms with van der Waals surface area (Å²) >= 11 is 5.64. The van der Waals surface area contributed by atoms with Gasteiger partial charge in [0.1, 0.15) is 0 Å². The summed E-state index contributed by atoms with van der Waals surface area (Å²) in [7, 11) is 0. The van der Waals surface area contributed by atoms with Gasteiger partial charge in [0.2, 0.25) is 0 Å². The van der Waals surface area contributed by atoms with Crippen LogP contribution in [0.4, 0.5) is 0 Å². The fraction of sp³-hybridized carbons (Fsp3) is 0.875. The molecule has 0 heterocycles. The Morgan fingerprint density at radius 3 is 2.17 bits per heavy atom. The van der Waals surface area contributed by atoms with Gasteiger partial charge in [0.05, 0.1) is 0 Å². The molecule has 0 aromatic rings. The molecule has 2 nitrogen and oxygen atoms in total. The third-order valence-electron chi connectivity index (χ3n) is 2.40. The van der Waals surface area contributed by atoms with Crippen LogP contribution in [-0.4, -0.2) is 11.8 Å². The Hall–Kier alpha value is 0.760. The first kappa shape index (κ1) is 12.8. The molecule has 0 amide bonds. The molecule has 64 valence electrons. The zero-order valence-corrected chi connectivity index (χ0v) is 10.1. The van der Waals surface area contributed by atoms with E-state index in [1.165, 1.54) is 0 Å². The molecule has 1 saturated carbocycles. The predicted molar refractivity (Wildman–Crippen MR) is 41.2 cm³/mol. The SMILES string of the molecule is O=C([O-])C1CCC(CCl)CC1.[Na+]. The summed E-state index contributed by atoms with van der Waals surface area (Å²) in [6.07, 6.45) is 3.39. The maximum atomic E-state index is 10.4. The minimum absolute atomic E-state index is 0. The molecule has 0 atom stereocenters. The number of halogens is 1. The standard InChI is InChI=1S/C8H13ClO2.Na/c9-5-6-1-3-7(4-2-6)8(10)11;/h6-7H,1-5H2,(H,10,11);/q;+1/p-1. The molecule has 4 heteroatoms. The summed E-state index contributed by atoms with van der Waals surface area (Å²) in [5.74, 6) is 0.0968. The van der Waals surface area contributed by atoms with Crippen molar-refractivity contribution >= 4 is 17.6 Å². The molecule has 1 aliphatic rings. The van der Waals surface area contributed by atoms with Crippen LogP contribution in [-0.2, 0) is 4.79 Å². The van der Waals surface area contributed by atoms with Crippen LogP contribution in [0.2, 0.25) is 0 Å². The molecular weight excluding hydrogens is 187 g/mol. The molecule has 0 saturated heterocycles. The molecule has 1 aliphatic carbocycles. The largest absolute Gasteiger partial charge is 1.00 e. The van der Waals surface area contributed by atoms with Crippen LogP contribution in [0, 0.1) is 11.8 Å².